The Hall–Kier alpha value is -2.11. The second-order valence-electron chi connectivity index (χ2n) is 5.17. The summed E-state index contributed by atoms with van der Waals surface area (Å²) in [6.45, 7) is 1.48. The molecule has 2 aliphatic rings. The fourth-order valence-corrected chi connectivity index (χ4v) is 3.08. The Morgan fingerprint density at radius 1 is 1.35 bits per heavy atom. The Labute approximate surface area is 115 Å². The van der Waals surface area contributed by atoms with E-state index in [-0.39, 0.29) is 23.2 Å². The van der Waals surface area contributed by atoms with Gasteiger partial charge in [-0.1, -0.05) is 6.07 Å². The number of carboxylic acid groups (broad SMARTS) is 1. The summed E-state index contributed by atoms with van der Waals surface area (Å²) in [4.78, 5) is 26.4. The number of benzene rings is 1. The highest BCUT2D eigenvalue weighted by Gasteiger charge is 2.36. The molecular formula is C14H15FN2O3. The zero-order valence-electron chi connectivity index (χ0n) is 10.9. The number of rotatable bonds is 2. The molecule has 0 spiro atoms. The molecule has 1 atom stereocenters. The van der Waals surface area contributed by atoms with Gasteiger partial charge in [0.25, 0.3) is 0 Å². The number of hydrogen-bond donors (Lipinski definition) is 1. The standard InChI is InChI=1S/C14H15FN2O3/c15-11-3-1-2-10(14(19)20)13(11)16-6-7-17-9(8-16)4-5-12(17)18/h1-3,9H,4-8H2,(H,19,20). The number of carbonyl (C=O) groups is 2. The maximum atomic E-state index is 14.0. The Morgan fingerprint density at radius 2 is 2.15 bits per heavy atom. The number of hydrogen-bond acceptors (Lipinski definition) is 3. The van der Waals surface area contributed by atoms with Crippen molar-refractivity contribution >= 4 is 17.6 Å². The molecule has 3 rings (SSSR count). The van der Waals surface area contributed by atoms with Crippen molar-refractivity contribution in [2.75, 3.05) is 24.5 Å². The van der Waals surface area contributed by atoms with Crippen LogP contribution < -0.4 is 4.90 Å². The first-order valence-electron chi connectivity index (χ1n) is 6.64. The summed E-state index contributed by atoms with van der Waals surface area (Å²) in [5.41, 5.74) is 0.113. The van der Waals surface area contributed by atoms with Gasteiger partial charge < -0.3 is 14.9 Å². The van der Waals surface area contributed by atoms with Crippen molar-refractivity contribution in [1.82, 2.24) is 4.90 Å². The largest absolute Gasteiger partial charge is 0.478 e. The average Bonchev–Trinajstić information content (AvgIpc) is 2.79. The van der Waals surface area contributed by atoms with Gasteiger partial charge in [-0.2, -0.15) is 0 Å². The van der Waals surface area contributed by atoms with Crippen molar-refractivity contribution in [1.29, 1.82) is 0 Å². The third-order valence-electron chi connectivity index (χ3n) is 4.03. The van der Waals surface area contributed by atoms with Crippen LogP contribution in [0.2, 0.25) is 0 Å². The second kappa shape index (κ2) is 4.77. The molecule has 0 radical (unpaired) electrons. The zero-order valence-corrected chi connectivity index (χ0v) is 10.9. The van der Waals surface area contributed by atoms with E-state index >= 15 is 0 Å². The summed E-state index contributed by atoms with van der Waals surface area (Å²) in [6.07, 6.45) is 1.29. The smallest absolute Gasteiger partial charge is 0.337 e. The zero-order chi connectivity index (χ0) is 14.3. The Balaban J connectivity index is 1.91. The molecule has 0 aromatic heterocycles. The lowest BCUT2D eigenvalue weighted by molar-refractivity contribution is -0.129. The normalized spacial score (nSPS) is 22.1. The van der Waals surface area contributed by atoms with Gasteiger partial charge in [0.1, 0.15) is 5.82 Å². The van der Waals surface area contributed by atoms with Gasteiger partial charge in [-0.15, -0.1) is 0 Å². The molecule has 0 saturated carbocycles. The van der Waals surface area contributed by atoms with Crippen LogP contribution in [-0.4, -0.2) is 47.6 Å². The fourth-order valence-electron chi connectivity index (χ4n) is 3.08. The van der Waals surface area contributed by atoms with Crippen molar-refractivity contribution in [3.8, 4) is 0 Å². The molecule has 2 aliphatic heterocycles. The number of anilines is 1. The number of nitrogens with zero attached hydrogens (tertiary/aromatic N) is 2. The number of carboxylic acids is 1. The van der Waals surface area contributed by atoms with E-state index < -0.39 is 11.8 Å². The van der Waals surface area contributed by atoms with E-state index in [0.29, 0.717) is 26.1 Å². The van der Waals surface area contributed by atoms with Crippen molar-refractivity contribution < 1.29 is 19.1 Å². The van der Waals surface area contributed by atoms with Crippen LogP contribution in [0.3, 0.4) is 0 Å². The third-order valence-corrected chi connectivity index (χ3v) is 4.03. The van der Waals surface area contributed by atoms with Gasteiger partial charge in [0.15, 0.2) is 0 Å². The Bertz CT molecular complexity index is 576. The lowest BCUT2D eigenvalue weighted by Crippen LogP contribution is -2.52. The molecule has 2 fully saturated rings. The first-order chi connectivity index (χ1) is 9.58. The van der Waals surface area contributed by atoms with E-state index in [9.17, 15) is 19.1 Å². The quantitative estimate of drug-likeness (QED) is 0.886. The molecular weight excluding hydrogens is 263 g/mol. The summed E-state index contributed by atoms with van der Waals surface area (Å²) in [5.74, 6) is -1.52. The van der Waals surface area contributed by atoms with E-state index in [1.165, 1.54) is 18.2 Å². The predicted molar refractivity (Wildman–Crippen MR) is 70.3 cm³/mol. The summed E-state index contributed by atoms with van der Waals surface area (Å²) in [7, 11) is 0. The highest BCUT2D eigenvalue weighted by Crippen LogP contribution is 2.30. The fraction of sp³-hybridized carbons (Fsp3) is 0.429. The molecule has 6 heteroatoms. The molecule has 1 N–H and O–H groups in total. The SMILES string of the molecule is O=C(O)c1cccc(F)c1N1CCN2C(=O)CCC2C1. The maximum Gasteiger partial charge on any atom is 0.337 e. The van der Waals surface area contributed by atoms with Gasteiger partial charge in [-0.25, -0.2) is 9.18 Å². The predicted octanol–water partition coefficient (Wildman–Crippen LogP) is 1.33. The molecule has 0 bridgehead atoms. The highest BCUT2D eigenvalue weighted by atomic mass is 19.1. The Morgan fingerprint density at radius 3 is 2.90 bits per heavy atom. The van der Waals surface area contributed by atoms with E-state index in [1.54, 1.807) is 4.90 Å². The van der Waals surface area contributed by atoms with Crippen LogP contribution in [0.4, 0.5) is 10.1 Å². The van der Waals surface area contributed by atoms with Gasteiger partial charge in [-0.3, -0.25) is 4.79 Å². The molecule has 1 amide bonds. The highest BCUT2D eigenvalue weighted by molar-refractivity contribution is 5.94. The third kappa shape index (κ3) is 2.01. The molecule has 2 heterocycles. The topological polar surface area (TPSA) is 60.9 Å². The minimum atomic E-state index is -1.13. The van der Waals surface area contributed by atoms with Crippen LogP contribution in [0.1, 0.15) is 23.2 Å². The number of amides is 1. The van der Waals surface area contributed by atoms with Gasteiger partial charge >= 0.3 is 5.97 Å². The number of halogens is 1. The second-order valence-corrected chi connectivity index (χ2v) is 5.17. The number of para-hydroxylation sites is 1. The van der Waals surface area contributed by atoms with Gasteiger partial charge in [-0.05, 0) is 18.6 Å². The van der Waals surface area contributed by atoms with E-state index in [0.717, 1.165) is 6.42 Å². The molecule has 1 aromatic rings. The van der Waals surface area contributed by atoms with E-state index in [1.807, 2.05) is 4.90 Å². The summed E-state index contributed by atoms with van der Waals surface area (Å²) >= 11 is 0. The van der Waals surface area contributed by atoms with Crippen molar-refractivity contribution in [3.05, 3.63) is 29.6 Å². The van der Waals surface area contributed by atoms with Crippen molar-refractivity contribution in [3.63, 3.8) is 0 Å². The van der Waals surface area contributed by atoms with E-state index in [4.69, 9.17) is 0 Å². The monoisotopic (exact) mass is 278 g/mol. The Kier molecular flexibility index (Phi) is 3.08. The van der Waals surface area contributed by atoms with Gasteiger partial charge in [0.05, 0.1) is 11.3 Å². The number of fused-ring (bicyclic) bond motifs is 1. The first kappa shape index (κ1) is 12.9. The lowest BCUT2D eigenvalue weighted by atomic mass is 10.1. The summed E-state index contributed by atoms with van der Waals surface area (Å²) in [5, 5.41) is 9.19. The average molecular weight is 278 g/mol. The summed E-state index contributed by atoms with van der Waals surface area (Å²) < 4.78 is 14.0. The van der Waals surface area contributed by atoms with Crippen molar-refractivity contribution in [2.24, 2.45) is 0 Å². The summed E-state index contributed by atoms with van der Waals surface area (Å²) in [6, 6.07) is 4.15. The lowest BCUT2D eigenvalue weighted by Gasteiger charge is -2.39. The van der Waals surface area contributed by atoms with Crippen LogP contribution in [-0.2, 0) is 4.79 Å². The minimum Gasteiger partial charge on any atom is -0.478 e. The van der Waals surface area contributed by atoms with Gasteiger partial charge in [0, 0.05) is 32.1 Å². The van der Waals surface area contributed by atoms with Crippen LogP contribution in [0.5, 0.6) is 0 Å². The molecule has 106 valence electrons. The molecule has 1 aromatic carbocycles. The minimum absolute atomic E-state index is 0.0252. The molecule has 2 saturated heterocycles. The molecule has 1 unspecified atom stereocenters. The number of carbonyl (C=O) groups excluding carboxylic acids is 1. The number of aromatic carboxylic acids is 1. The van der Waals surface area contributed by atoms with Crippen LogP contribution >= 0.6 is 0 Å². The van der Waals surface area contributed by atoms with E-state index in [2.05, 4.69) is 0 Å². The van der Waals surface area contributed by atoms with Crippen LogP contribution in [0, 0.1) is 5.82 Å². The maximum absolute atomic E-state index is 14.0. The molecule has 20 heavy (non-hydrogen) atoms. The first-order valence-corrected chi connectivity index (χ1v) is 6.64. The van der Waals surface area contributed by atoms with Crippen molar-refractivity contribution in [2.45, 2.75) is 18.9 Å². The van der Waals surface area contributed by atoms with Crippen LogP contribution in [0.25, 0.3) is 0 Å². The van der Waals surface area contributed by atoms with Crippen LogP contribution in [0.15, 0.2) is 18.2 Å². The number of piperazine rings is 1. The molecule has 5 nitrogen and oxygen atoms in total. The van der Waals surface area contributed by atoms with Gasteiger partial charge in [0.2, 0.25) is 5.91 Å². The molecule has 0 aliphatic carbocycles.